The molecule has 2 aromatic carbocycles. The fourth-order valence-corrected chi connectivity index (χ4v) is 5.46. The van der Waals surface area contributed by atoms with E-state index in [0.717, 1.165) is 22.4 Å². The highest BCUT2D eigenvalue weighted by Gasteiger charge is 2.63. The minimum atomic E-state index is -1.35. The van der Waals surface area contributed by atoms with Crippen LogP contribution in [-0.4, -0.2) is 51.4 Å². The van der Waals surface area contributed by atoms with Gasteiger partial charge in [0.25, 0.3) is 5.91 Å². The molecule has 1 saturated heterocycles. The number of carbonyl (C=O) groups excluding carboxylic acids is 2. The minimum absolute atomic E-state index is 0.196. The van der Waals surface area contributed by atoms with E-state index in [1.165, 1.54) is 4.90 Å². The molecule has 7 heteroatoms. The van der Waals surface area contributed by atoms with Crippen molar-refractivity contribution in [3.05, 3.63) is 72.4 Å². The summed E-state index contributed by atoms with van der Waals surface area (Å²) in [6.07, 6.45) is 0.327. The Labute approximate surface area is 179 Å². The molecular weight excluding hydrogens is 392 g/mol. The molecule has 6 rings (SSSR count). The van der Waals surface area contributed by atoms with Crippen LogP contribution in [0.2, 0.25) is 0 Å². The normalized spacial score (nSPS) is 28.6. The van der Waals surface area contributed by atoms with Crippen LogP contribution < -0.4 is 10.6 Å². The van der Waals surface area contributed by atoms with Gasteiger partial charge < -0.3 is 20.3 Å². The third-order valence-corrected chi connectivity index (χ3v) is 6.98. The van der Waals surface area contributed by atoms with Crippen molar-refractivity contribution in [2.24, 2.45) is 0 Å². The van der Waals surface area contributed by atoms with Crippen LogP contribution in [0.3, 0.4) is 0 Å². The third-order valence-electron chi connectivity index (χ3n) is 6.98. The summed E-state index contributed by atoms with van der Waals surface area (Å²) in [5.41, 5.74) is 3.16. The second kappa shape index (κ2) is 6.21. The molecule has 3 amide bonds. The summed E-state index contributed by atoms with van der Waals surface area (Å²) in [5.74, 6) is -0.200. The molecule has 0 unspecified atom stereocenters. The van der Waals surface area contributed by atoms with Crippen molar-refractivity contribution in [3.63, 3.8) is 0 Å². The lowest BCUT2D eigenvalue weighted by molar-refractivity contribution is -0.0560. The van der Waals surface area contributed by atoms with Crippen LogP contribution >= 0.6 is 0 Å². The summed E-state index contributed by atoms with van der Waals surface area (Å²) in [4.78, 5) is 26.7. The van der Waals surface area contributed by atoms with Gasteiger partial charge in [-0.3, -0.25) is 9.69 Å². The SMILES string of the molecule is CN1C(=O)N[C@H]2[C@@H]3NC(=O)c4cc(-c5ccccc5)c(-c5ccccc5)n4[C@@H]3C[C@]21O. The van der Waals surface area contributed by atoms with Gasteiger partial charge in [0.1, 0.15) is 11.7 Å². The monoisotopic (exact) mass is 414 g/mol. The second-order valence-electron chi connectivity index (χ2n) is 8.53. The highest BCUT2D eigenvalue weighted by Crippen LogP contribution is 2.49. The van der Waals surface area contributed by atoms with Gasteiger partial charge in [0.05, 0.1) is 17.8 Å². The molecule has 1 aromatic heterocycles. The number of aliphatic hydroxyl groups is 1. The predicted octanol–water partition coefficient (Wildman–Crippen LogP) is 2.59. The first-order valence-corrected chi connectivity index (χ1v) is 10.4. The van der Waals surface area contributed by atoms with E-state index in [-0.39, 0.29) is 18.0 Å². The molecule has 4 atom stereocenters. The molecule has 0 radical (unpaired) electrons. The van der Waals surface area contributed by atoms with Gasteiger partial charge >= 0.3 is 6.03 Å². The Kier molecular flexibility index (Phi) is 3.65. The lowest BCUT2D eigenvalue weighted by atomic mass is 10.0. The Morgan fingerprint density at radius 2 is 1.61 bits per heavy atom. The van der Waals surface area contributed by atoms with Crippen LogP contribution in [-0.2, 0) is 0 Å². The molecule has 2 fully saturated rings. The van der Waals surface area contributed by atoms with Crippen LogP contribution in [0.5, 0.6) is 0 Å². The van der Waals surface area contributed by atoms with Gasteiger partial charge in [0.15, 0.2) is 5.72 Å². The highest BCUT2D eigenvalue weighted by molar-refractivity contribution is 5.99. The number of benzene rings is 2. The maximum Gasteiger partial charge on any atom is 0.319 e. The number of nitrogens with one attached hydrogen (secondary N) is 2. The van der Waals surface area contributed by atoms with Gasteiger partial charge in [-0.1, -0.05) is 60.7 Å². The van der Waals surface area contributed by atoms with E-state index < -0.39 is 17.8 Å². The highest BCUT2D eigenvalue weighted by atomic mass is 16.3. The molecule has 3 aliphatic rings. The number of aromatic nitrogens is 1. The first-order valence-electron chi connectivity index (χ1n) is 10.4. The molecule has 7 nitrogen and oxygen atoms in total. The van der Waals surface area contributed by atoms with Crippen molar-refractivity contribution in [1.29, 1.82) is 0 Å². The summed E-state index contributed by atoms with van der Waals surface area (Å²) in [6, 6.07) is 20.4. The topological polar surface area (TPSA) is 86.6 Å². The molecule has 3 N–H and O–H groups in total. The number of nitrogens with zero attached hydrogens (tertiary/aromatic N) is 2. The van der Waals surface area contributed by atoms with Gasteiger partial charge in [0, 0.05) is 19.0 Å². The molecule has 3 heterocycles. The molecule has 0 bridgehead atoms. The fourth-order valence-electron chi connectivity index (χ4n) is 5.46. The first-order chi connectivity index (χ1) is 15.0. The molecule has 31 heavy (non-hydrogen) atoms. The van der Waals surface area contributed by atoms with E-state index in [1.807, 2.05) is 66.7 Å². The second-order valence-corrected chi connectivity index (χ2v) is 8.53. The zero-order valence-electron chi connectivity index (χ0n) is 16.9. The maximum atomic E-state index is 13.2. The molecule has 1 aliphatic carbocycles. The van der Waals surface area contributed by atoms with Crippen LogP contribution in [0.1, 0.15) is 23.0 Å². The van der Waals surface area contributed by atoms with Crippen molar-refractivity contribution < 1.29 is 14.7 Å². The molecule has 1 saturated carbocycles. The summed E-state index contributed by atoms with van der Waals surface area (Å²) in [5, 5.41) is 17.3. The summed E-state index contributed by atoms with van der Waals surface area (Å²) in [7, 11) is 1.60. The van der Waals surface area contributed by atoms with Crippen molar-refractivity contribution in [3.8, 4) is 22.4 Å². The Balaban J connectivity index is 1.59. The number of amides is 3. The van der Waals surface area contributed by atoms with Crippen molar-refractivity contribution in [2.75, 3.05) is 7.05 Å². The molecule has 3 aromatic rings. The summed E-state index contributed by atoms with van der Waals surface area (Å²) < 4.78 is 2.07. The minimum Gasteiger partial charge on any atom is -0.368 e. The van der Waals surface area contributed by atoms with Crippen molar-refractivity contribution >= 4 is 11.9 Å². The summed E-state index contributed by atoms with van der Waals surface area (Å²) in [6.45, 7) is 0. The Bertz CT molecular complexity index is 1210. The number of hydrogen-bond donors (Lipinski definition) is 3. The predicted molar refractivity (Wildman–Crippen MR) is 115 cm³/mol. The van der Waals surface area contributed by atoms with Gasteiger partial charge in [0.2, 0.25) is 0 Å². The number of fused-ring (bicyclic) bond motifs is 5. The quantitative estimate of drug-likeness (QED) is 0.603. The zero-order valence-corrected chi connectivity index (χ0v) is 16.9. The average molecular weight is 414 g/mol. The lowest BCUT2D eigenvalue weighted by Crippen LogP contribution is -2.56. The Morgan fingerprint density at radius 1 is 0.968 bits per heavy atom. The van der Waals surface area contributed by atoms with E-state index in [0.29, 0.717) is 12.1 Å². The molecule has 2 aliphatic heterocycles. The number of urea groups is 1. The van der Waals surface area contributed by atoms with Crippen molar-refractivity contribution in [1.82, 2.24) is 20.1 Å². The van der Waals surface area contributed by atoms with E-state index in [1.54, 1.807) is 7.05 Å². The van der Waals surface area contributed by atoms with Crippen LogP contribution in [0.4, 0.5) is 4.79 Å². The molecule has 156 valence electrons. The number of carbonyl (C=O) groups is 2. The molecule has 0 spiro atoms. The van der Waals surface area contributed by atoms with E-state index >= 15 is 0 Å². The third kappa shape index (κ3) is 2.38. The van der Waals surface area contributed by atoms with E-state index in [9.17, 15) is 14.7 Å². The van der Waals surface area contributed by atoms with Crippen LogP contribution in [0.15, 0.2) is 66.7 Å². The maximum absolute atomic E-state index is 13.2. The number of rotatable bonds is 2. The molecular formula is C24H22N4O3. The van der Waals surface area contributed by atoms with Crippen molar-refractivity contribution in [2.45, 2.75) is 30.3 Å². The Hall–Kier alpha value is -3.58. The Morgan fingerprint density at radius 3 is 2.29 bits per heavy atom. The standard InChI is InChI=1S/C24H22N4O3/c1-27-23(30)26-21-19-18(13-24(21,27)31)28-17(22(29)25-19)12-16(14-8-4-2-5-9-14)20(28)15-10-6-3-7-11-15/h2-12,18-19,21,31H,13H2,1H3,(H,25,29)(H,26,30)/t18-,19-,21+,24+/m1/s1. The number of likely N-dealkylation sites (N-methyl/N-ethyl adjacent to an activating group) is 1. The number of hydrogen-bond acceptors (Lipinski definition) is 3. The van der Waals surface area contributed by atoms with Gasteiger partial charge in [-0.15, -0.1) is 0 Å². The van der Waals surface area contributed by atoms with Gasteiger partial charge in [-0.05, 0) is 17.2 Å². The smallest absolute Gasteiger partial charge is 0.319 e. The van der Waals surface area contributed by atoms with Crippen LogP contribution in [0.25, 0.3) is 22.4 Å². The first kappa shape index (κ1) is 18.2. The van der Waals surface area contributed by atoms with Gasteiger partial charge in [-0.25, -0.2) is 4.79 Å². The average Bonchev–Trinajstić information content (AvgIpc) is 3.39. The zero-order chi connectivity index (χ0) is 21.3. The fraction of sp³-hybridized carbons (Fsp3) is 0.250. The van der Waals surface area contributed by atoms with E-state index in [4.69, 9.17) is 0 Å². The van der Waals surface area contributed by atoms with Crippen LogP contribution in [0, 0.1) is 0 Å². The van der Waals surface area contributed by atoms with Gasteiger partial charge in [-0.2, -0.15) is 0 Å². The lowest BCUT2D eigenvalue weighted by Gasteiger charge is -2.33. The van der Waals surface area contributed by atoms with E-state index in [2.05, 4.69) is 15.2 Å². The largest absolute Gasteiger partial charge is 0.368 e. The summed E-state index contributed by atoms with van der Waals surface area (Å²) >= 11 is 0.